The number of nitrogens with zero attached hydrogens (tertiary/aromatic N) is 2. The summed E-state index contributed by atoms with van der Waals surface area (Å²) in [6.45, 7) is 6.07. The number of nitrogens with two attached hydrogens (primary N) is 2. The zero-order chi connectivity index (χ0) is 17.7. The second-order valence-corrected chi connectivity index (χ2v) is 6.95. The van der Waals surface area contributed by atoms with E-state index < -0.39 is 0 Å². The Hall–Kier alpha value is -2.28. The van der Waals surface area contributed by atoms with Crippen molar-refractivity contribution in [3.63, 3.8) is 0 Å². The summed E-state index contributed by atoms with van der Waals surface area (Å²) >= 11 is 1.23. The van der Waals surface area contributed by atoms with Crippen LogP contribution in [0.4, 0.5) is 17.3 Å². The lowest BCUT2D eigenvalue weighted by Gasteiger charge is -2.17. The van der Waals surface area contributed by atoms with Crippen LogP contribution in [0.1, 0.15) is 38.7 Å². The molecule has 0 radical (unpaired) electrons. The highest BCUT2D eigenvalue weighted by molar-refractivity contribution is 8.00. The molecule has 1 amide bonds. The topological polar surface area (TPSA) is 107 Å². The van der Waals surface area contributed by atoms with Crippen LogP contribution in [0, 0.1) is 0 Å². The van der Waals surface area contributed by atoms with Gasteiger partial charge in [0.2, 0.25) is 5.91 Å². The molecule has 0 unspecified atom stereocenters. The van der Waals surface area contributed by atoms with Crippen LogP contribution in [0.5, 0.6) is 0 Å². The van der Waals surface area contributed by atoms with Gasteiger partial charge in [-0.3, -0.25) is 4.79 Å². The molecular formula is C17H23N5OS. The van der Waals surface area contributed by atoms with Gasteiger partial charge in [-0.2, -0.15) is 0 Å². The van der Waals surface area contributed by atoms with Crippen molar-refractivity contribution >= 4 is 35.0 Å². The Kier molecular flexibility index (Phi) is 6.03. The monoisotopic (exact) mass is 345 g/mol. The van der Waals surface area contributed by atoms with Crippen LogP contribution in [0.15, 0.2) is 35.5 Å². The third kappa shape index (κ3) is 4.61. The first-order chi connectivity index (χ1) is 11.4. The number of para-hydroxylation sites is 1. The molecule has 0 fully saturated rings. The maximum atomic E-state index is 12.5. The first kappa shape index (κ1) is 18.1. The number of nitrogens with one attached hydrogen (secondary N) is 1. The molecule has 0 saturated heterocycles. The zero-order valence-corrected chi connectivity index (χ0v) is 14.9. The second-order valence-electron chi connectivity index (χ2n) is 5.65. The molecule has 7 heteroatoms. The molecule has 128 valence electrons. The number of hydrogen-bond donors (Lipinski definition) is 3. The average Bonchev–Trinajstić information content (AvgIpc) is 2.53. The van der Waals surface area contributed by atoms with Crippen LogP contribution < -0.4 is 16.8 Å². The third-order valence-corrected chi connectivity index (χ3v) is 4.72. The highest BCUT2D eigenvalue weighted by Crippen LogP contribution is 2.28. The molecular weight excluding hydrogens is 322 g/mol. The van der Waals surface area contributed by atoms with Crippen LogP contribution in [0.25, 0.3) is 0 Å². The number of anilines is 3. The van der Waals surface area contributed by atoms with Gasteiger partial charge in [0.05, 0.1) is 5.25 Å². The Morgan fingerprint density at radius 1 is 1.21 bits per heavy atom. The Bertz CT molecular complexity index is 702. The number of rotatable bonds is 6. The number of aromatic nitrogens is 2. The molecule has 0 saturated carbocycles. The highest BCUT2D eigenvalue weighted by atomic mass is 32.2. The minimum Gasteiger partial charge on any atom is -0.383 e. The lowest BCUT2D eigenvalue weighted by Crippen LogP contribution is -2.23. The molecule has 5 N–H and O–H groups in total. The van der Waals surface area contributed by atoms with Gasteiger partial charge < -0.3 is 16.8 Å². The van der Waals surface area contributed by atoms with E-state index in [1.54, 1.807) is 6.92 Å². The molecule has 0 aliphatic rings. The summed E-state index contributed by atoms with van der Waals surface area (Å²) in [5.41, 5.74) is 13.3. The molecule has 0 aliphatic carbocycles. The number of nitrogen functional groups attached to an aromatic ring is 2. The van der Waals surface area contributed by atoms with Gasteiger partial charge in [-0.15, -0.1) is 0 Å². The Morgan fingerprint density at radius 2 is 1.83 bits per heavy atom. The van der Waals surface area contributed by atoms with Gasteiger partial charge in [0.1, 0.15) is 11.6 Å². The summed E-state index contributed by atoms with van der Waals surface area (Å²) in [5, 5.41) is 3.01. The van der Waals surface area contributed by atoms with Crippen LogP contribution in [0.3, 0.4) is 0 Å². The molecule has 2 aromatic rings. The highest BCUT2D eigenvalue weighted by Gasteiger charge is 2.18. The predicted molar refractivity (Wildman–Crippen MR) is 100.0 cm³/mol. The van der Waals surface area contributed by atoms with Crippen LogP contribution >= 0.6 is 11.8 Å². The molecule has 0 bridgehead atoms. The van der Waals surface area contributed by atoms with Gasteiger partial charge in [0.15, 0.2) is 5.16 Å². The Morgan fingerprint density at radius 3 is 2.46 bits per heavy atom. The van der Waals surface area contributed by atoms with E-state index in [2.05, 4.69) is 29.1 Å². The van der Waals surface area contributed by atoms with Gasteiger partial charge in [-0.05, 0) is 30.9 Å². The SMILES string of the molecule is CC[C@@H](C)c1ccccc1NC(=O)[C@@H](C)Sc1nc(N)cc(N)n1. The number of amides is 1. The van der Waals surface area contributed by atoms with Gasteiger partial charge in [-0.1, -0.05) is 43.8 Å². The number of carbonyl (C=O) groups is 1. The van der Waals surface area contributed by atoms with Crippen LogP contribution in [-0.4, -0.2) is 21.1 Å². The minimum atomic E-state index is -0.379. The summed E-state index contributed by atoms with van der Waals surface area (Å²) in [6.07, 6.45) is 1.01. The van der Waals surface area contributed by atoms with E-state index >= 15 is 0 Å². The first-order valence-corrected chi connectivity index (χ1v) is 8.75. The van der Waals surface area contributed by atoms with E-state index in [4.69, 9.17) is 11.5 Å². The Balaban J connectivity index is 2.09. The third-order valence-electron chi connectivity index (χ3n) is 3.76. The summed E-state index contributed by atoms with van der Waals surface area (Å²) in [5.74, 6) is 0.848. The summed E-state index contributed by atoms with van der Waals surface area (Å²) in [4.78, 5) is 20.7. The van der Waals surface area contributed by atoms with E-state index in [9.17, 15) is 4.79 Å². The average molecular weight is 345 g/mol. The number of carbonyl (C=O) groups excluding carboxylic acids is 1. The maximum absolute atomic E-state index is 12.5. The summed E-state index contributed by atoms with van der Waals surface area (Å²) in [7, 11) is 0. The zero-order valence-electron chi connectivity index (χ0n) is 14.1. The van der Waals surface area contributed by atoms with Gasteiger partial charge in [-0.25, -0.2) is 9.97 Å². The fourth-order valence-corrected chi connectivity index (χ4v) is 3.02. The van der Waals surface area contributed by atoms with Crippen molar-refractivity contribution in [2.75, 3.05) is 16.8 Å². The summed E-state index contributed by atoms with van der Waals surface area (Å²) < 4.78 is 0. The number of thioether (sulfide) groups is 1. The molecule has 1 aromatic heterocycles. The van der Waals surface area contributed by atoms with E-state index in [0.717, 1.165) is 17.7 Å². The van der Waals surface area contributed by atoms with Gasteiger partial charge in [0.25, 0.3) is 0 Å². The van der Waals surface area contributed by atoms with Crippen molar-refractivity contribution in [1.82, 2.24) is 9.97 Å². The van der Waals surface area contributed by atoms with E-state index in [0.29, 0.717) is 22.7 Å². The largest absolute Gasteiger partial charge is 0.383 e. The first-order valence-electron chi connectivity index (χ1n) is 7.87. The number of hydrogen-bond acceptors (Lipinski definition) is 6. The lowest BCUT2D eigenvalue weighted by atomic mass is 9.97. The smallest absolute Gasteiger partial charge is 0.237 e. The molecule has 2 rings (SSSR count). The fraction of sp³-hybridized carbons (Fsp3) is 0.353. The molecule has 1 heterocycles. The second kappa shape index (κ2) is 8.01. The molecule has 0 spiro atoms. The van der Waals surface area contributed by atoms with Gasteiger partial charge >= 0.3 is 0 Å². The van der Waals surface area contributed by atoms with Crippen LogP contribution in [0.2, 0.25) is 0 Å². The normalized spacial score (nSPS) is 13.3. The minimum absolute atomic E-state index is 0.111. The van der Waals surface area contributed by atoms with Crippen molar-refractivity contribution < 1.29 is 4.79 Å². The molecule has 1 aromatic carbocycles. The molecule has 24 heavy (non-hydrogen) atoms. The molecule has 6 nitrogen and oxygen atoms in total. The quantitative estimate of drug-likeness (QED) is 0.548. The van der Waals surface area contributed by atoms with E-state index in [-0.39, 0.29) is 11.2 Å². The van der Waals surface area contributed by atoms with E-state index in [1.165, 1.54) is 17.8 Å². The van der Waals surface area contributed by atoms with Crippen molar-refractivity contribution in [1.29, 1.82) is 0 Å². The van der Waals surface area contributed by atoms with Crippen molar-refractivity contribution in [2.45, 2.75) is 43.5 Å². The van der Waals surface area contributed by atoms with E-state index in [1.807, 2.05) is 24.3 Å². The number of benzene rings is 1. The fourth-order valence-electron chi connectivity index (χ4n) is 2.22. The van der Waals surface area contributed by atoms with Crippen molar-refractivity contribution in [2.24, 2.45) is 0 Å². The van der Waals surface area contributed by atoms with Crippen molar-refractivity contribution in [3.8, 4) is 0 Å². The molecule has 2 atom stereocenters. The lowest BCUT2D eigenvalue weighted by molar-refractivity contribution is -0.115. The Labute approximate surface area is 146 Å². The van der Waals surface area contributed by atoms with Crippen LogP contribution in [-0.2, 0) is 4.79 Å². The standard InChI is InChI=1S/C17H23N5OS/c1-4-10(2)12-7-5-6-8-13(12)20-16(23)11(3)24-17-21-14(18)9-15(19)22-17/h5-11H,4H2,1-3H3,(H,20,23)(H4,18,19,21,22)/t10-,11-/m1/s1. The van der Waals surface area contributed by atoms with Gasteiger partial charge in [0, 0.05) is 11.8 Å². The predicted octanol–water partition coefficient (Wildman–Crippen LogP) is 3.27. The molecule has 0 aliphatic heterocycles. The summed E-state index contributed by atoms with van der Waals surface area (Å²) in [6, 6.07) is 9.35. The van der Waals surface area contributed by atoms with Crippen molar-refractivity contribution in [3.05, 3.63) is 35.9 Å². The maximum Gasteiger partial charge on any atom is 0.237 e.